The molecule has 0 heterocycles. The molecule has 0 radical (unpaired) electrons. The summed E-state index contributed by atoms with van der Waals surface area (Å²) in [5.74, 6) is 0. The highest BCUT2D eigenvalue weighted by Gasteiger charge is 2.40. The van der Waals surface area contributed by atoms with Gasteiger partial charge in [-0.15, -0.1) is 12.8 Å². The fourth-order valence-electron chi connectivity index (χ4n) is 0.632. The molecule has 72 valence electrons. The van der Waals surface area contributed by atoms with Crippen molar-refractivity contribution in [3.8, 4) is 23.9 Å². The highest BCUT2D eigenvalue weighted by molar-refractivity contribution is 6.87. The maximum absolute atomic E-state index is 5.58. The van der Waals surface area contributed by atoms with Crippen LogP contribution in [0.4, 0.5) is 0 Å². The molecular weight excluding hydrogens is 200 g/mol. The summed E-state index contributed by atoms with van der Waals surface area (Å²) in [6.45, 7) is 3.52. The lowest BCUT2D eigenvalue weighted by atomic mass is 11.4. The summed E-state index contributed by atoms with van der Waals surface area (Å²) >= 11 is 0. The largest absolute Gasteiger partial charge is 0.411 e. The van der Waals surface area contributed by atoms with Crippen LogP contribution in [0.2, 0.25) is 13.1 Å². The molecule has 0 aliphatic carbocycles. The second-order valence-electron chi connectivity index (χ2n) is 2.69. The van der Waals surface area contributed by atoms with Gasteiger partial charge in [0, 0.05) is 14.2 Å². The van der Waals surface area contributed by atoms with Gasteiger partial charge in [-0.2, -0.15) is 0 Å². The molecule has 5 heteroatoms. The van der Waals surface area contributed by atoms with Crippen LogP contribution in [-0.4, -0.2) is 31.3 Å². The number of hydrogen-bond acceptors (Lipinski definition) is 3. The van der Waals surface area contributed by atoms with Gasteiger partial charge < -0.3 is 13.0 Å². The van der Waals surface area contributed by atoms with E-state index in [2.05, 4.69) is 11.1 Å². The Kier molecular flexibility index (Phi) is 4.41. The standard InChI is InChI=1S/C8H14O3Si2/c1-7-12(5,9-3)11-13(6,8-2)10-4/h1-2H,3-6H3. The van der Waals surface area contributed by atoms with Crippen molar-refractivity contribution in [3.05, 3.63) is 0 Å². The van der Waals surface area contributed by atoms with Gasteiger partial charge in [0.25, 0.3) is 0 Å². The minimum absolute atomic E-state index is 1.52. The van der Waals surface area contributed by atoms with E-state index < -0.39 is 17.1 Å². The lowest BCUT2D eigenvalue weighted by Gasteiger charge is -2.27. The predicted molar refractivity (Wildman–Crippen MR) is 56.0 cm³/mol. The van der Waals surface area contributed by atoms with Gasteiger partial charge >= 0.3 is 17.1 Å². The lowest BCUT2D eigenvalue weighted by Crippen LogP contribution is -2.50. The summed E-state index contributed by atoms with van der Waals surface area (Å²) in [6.07, 6.45) is 10.6. The van der Waals surface area contributed by atoms with Crippen molar-refractivity contribution >= 4 is 17.1 Å². The summed E-state index contributed by atoms with van der Waals surface area (Å²) in [7, 11) is -2.06. The summed E-state index contributed by atoms with van der Waals surface area (Å²) in [5, 5.41) is 0. The minimum Gasteiger partial charge on any atom is -0.396 e. The maximum atomic E-state index is 5.58. The molecule has 2 atom stereocenters. The van der Waals surface area contributed by atoms with E-state index in [1.165, 1.54) is 14.2 Å². The molecule has 0 aromatic rings. The second kappa shape index (κ2) is 4.61. The molecule has 0 fully saturated rings. The quantitative estimate of drug-likeness (QED) is 0.511. The lowest BCUT2D eigenvalue weighted by molar-refractivity contribution is 0.263. The van der Waals surface area contributed by atoms with Crippen molar-refractivity contribution in [2.45, 2.75) is 13.1 Å². The SMILES string of the molecule is C#C[Si](C)(OC)O[Si](C)(C#C)OC. The van der Waals surface area contributed by atoms with E-state index in [9.17, 15) is 0 Å². The normalized spacial score (nSPS) is 19.2. The molecule has 13 heavy (non-hydrogen) atoms. The number of hydrogen-bond donors (Lipinski definition) is 0. The van der Waals surface area contributed by atoms with Crippen LogP contribution in [-0.2, 0) is 13.0 Å². The van der Waals surface area contributed by atoms with Crippen molar-refractivity contribution in [1.82, 2.24) is 0 Å². The third-order valence-electron chi connectivity index (χ3n) is 1.69. The van der Waals surface area contributed by atoms with Crippen LogP contribution in [0, 0.1) is 23.9 Å². The Hall–Kier alpha value is -0.566. The average Bonchev–Trinajstić information content (AvgIpc) is 2.17. The van der Waals surface area contributed by atoms with Crippen LogP contribution >= 0.6 is 0 Å². The van der Waals surface area contributed by atoms with Crippen molar-refractivity contribution in [1.29, 1.82) is 0 Å². The van der Waals surface area contributed by atoms with Crippen LogP contribution in [0.5, 0.6) is 0 Å². The fourth-order valence-corrected chi connectivity index (χ4v) is 4.98. The molecule has 0 aromatic carbocycles. The van der Waals surface area contributed by atoms with Crippen LogP contribution < -0.4 is 0 Å². The Morgan fingerprint density at radius 2 is 1.23 bits per heavy atom. The summed E-state index contributed by atoms with van der Waals surface area (Å²) in [5.41, 5.74) is 5.01. The Balaban J connectivity index is 4.61. The van der Waals surface area contributed by atoms with Gasteiger partial charge in [-0.1, -0.05) is 11.1 Å². The molecular formula is C8H14O3Si2. The van der Waals surface area contributed by atoms with Crippen LogP contribution in [0.15, 0.2) is 0 Å². The first-order valence-electron chi connectivity index (χ1n) is 3.71. The molecule has 0 saturated carbocycles. The first kappa shape index (κ1) is 12.4. The summed E-state index contributed by atoms with van der Waals surface area (Å²) in [6, 6.07) is 0. The van der Waals surface area contributed by atoms with Crippen molar-refractivity contribution in [2.75, 3.05) is 14.2 Å². The highest BCUT2D eigenvalue weighted by atomic mass is 28.5. The fraction of sp³-hybridized carbons (Fsp3) is 0.500. The molecule has 0 aliphatic rings. The van der Waals surface area contributed by atoms with Crippen LogP contribution in [0.25, 0.3) is 0 Å². The van der Waals surface area contributed by atoms with Gasteiger partial charge in [0.05, 0.1) is 0 Å². The summed E-state index contributed by atoms with van der Waals surface area (Å²) in [4.78, 5) is 0. The van der Waals surface area contributed by atoms with E-state index in [0.717, 1.165) is 0 Å². The second-order valence-corrected chi connectivity index (χ2v) is 8.68. The Morgan fingerprint density at radius 3 is 1.38 bits per heavy atom. The Bertz CT molecular complexity index is 229. The van der Waals surface area contributed by atoms with E-state index in [1.807, 2.05) is 0 Å². The van der Waals surface area contributed by atoms with Gasteiger partial charge in [0.2, 0.25) is 0 Å². The smallest absolute Gasteiger partial charge is 0.396 e. The third-order valence-corrected chi connectivity index (χ3v) is 7.42. The monoisotopic (exact) mass is 214 g/mol. The minimum atomic E-state index is -2.55. The van der Waals surface area contributed by atoms with Gasteiger partial charge in [0.1, 0.15) is 0 Å². The molecule has 0 spiro atoms. The molecule has 3 nitrogen and oxygen atoms in total. The van der Waals surface area contributed by atoms with Crippen LogP contribution in [0.3, 0.4) is 0 Å². The molecule has 0 saturated heterocycles. The van der Waals surface area contributed by atoms with E-state index in [1.54, 1.807) is 13.1 Å². The van der Waals surface area contributed by atoms with E-state index in [0.29, 0.717) is 0 Å². The van der Waals surface area contributed by atoms with Crippen LogP contribution in [0.1, 0.15) is 0 Å². The molecule has 0 bridgehead atoms. The molecule has 0 aliphatic heterocycles. The number of rotatable bonds is 4. The predicted octanol–water partition coefficient (Wildman–Crippen LogP) is 0.785. The summed E-state index contributed by atoms with van der Waals surface area (Å²) < 4.78 is 15.8. The van der Waals surface area contributed by atoms with E-state index >= 15 is 0 Å². The highest BCUT2D eigenvalue weighted by Crippen LogP contribution is 2.13. The van der Waals surface area contributed by atoms with Crippen molar-refractivity contribution < 1.29 is 13.0 Å². The molecule has 2 unspecified atom stereocenters. The average molecular weight is 214 g/mol. The van der Waals surface area contributed by atoms with Crippen molar-refractivity contribution in [3.63, 3.8) is 0 Å². The molecule has 0 rings (SSSR count). The zero-order chi connectivity index (χ0) is 10.5. The molecule has 0 N–H and O–H groups in total. The molecule has 0 aromatic heterocycles. The Morgan fingerprint density at radius 1 is 0.923 bits per heavy atom. The topological polar surface area (TPSA) is 27.7 Å². The zero-order valence-corrected chi connectivity index (χ0v) is 10.4. The first-order chi connectivity index (χ1) is 5.95. The van der Waals surface area contributed by atoms with Gasteiger partial charge in [-0.3, -0.25) is 0 Å². The zero-order valence-electron chi connectivity index (χ0n) is 8.38. The Labute approximate surface area is 81.9 Å². The van der Waals surface area contributed by atoms with Gasteiger partial charge in [-0.05, 0) is 13.1 Å². The maximum Gasteiger partial charge on any atom is 0.411 e. The molecule has 0 amide bonds. The first-order valence-corrected chi connectivity index (χ1v) is 8.34. The van der Waals surface area contributed by atoms with E-state index in [-0.39, 0.29) is 0 Å². The van der Waals surface area contributed by atoms with Gasteiger partial charge in [-0.25, -0.2) is 0 Å². The number of terminal acetylenes is 2. The van der Waals surface area contributed by atoms with E-state index in [4.69, 9.17) is 25.8 Å². The van der Waals surface area contributed by atoms with Crippen molar-refractivity contribution in [2.24, 2.45) is 0 Å². The van der Waals surface area contributed by atoms with Gasteiger partial charge in [0.15, 0.2) is 0 Å². The third kappa shape index (κ3) is 3.35.